The van der Waals surface area contributed by atoms with Gasteiger partial charge in [-0.05, 0) is 38.5 Å². The lowest BCUT2D eigenvalue weighted by Gasteiger charge is -2.38. The second kappa shape index (κ2) is 4.29. The van der Waals surface area contributed by atoms with Gasteiger partial charge in [-0.3, -0.25) is 4.79 Å². The van der Waals surface area contributed by atoms with Crippen molar-refractivity contribution < 1.29 is 14.3 Å². The van der Waals surface area contributed by atoms with Crippen molar-refractivity contribution in [3.8, 4) is 0 Å². The maximum Gasteiger partial charge on any atom is 0.181 e. The fourth-order valence-electron chi connectivity index (χ4n) is 5.02. The van der Waals surface area contributed by atoms with Crippen LogP contribution in [0.3, 0.4) is 0 Å². The largest absolute Gasteiger partial charge is 0.343 e. The van der Waals surface area contributed by atoms with Gasteiger partial charge in [0.2, 0.25) is 0 Å². The lowest BCUT2D eigenvalue weighted by atomic mass is 9.78. The van der Waals surface area contributed by atoms with E-state index in [1.807, 2.05) is 0 Å². The monoisotopic (exact) mass is 264 g/mol. The highest BCUT2D eigenvalue weighted by molar-refractivity contribution is 5.88. The summed E-state index contributed by atoms with van der Waals surface area (Å²) in [6.07, 6.45) is 12.3. The van der Waals surface area contributed by atoms with Crippen molar-refractivity contribution in [1.29, 1.82) is 0 Å². The lowest BCUT2D eigenvalue weighted by molar-refractivity contribution is -0.230. The van der Waals surface area contributed by atoms with Gasteiger partial charge in [-0.1, -0.05) is 19.3 Å². The van der Waals surface area contributed by atoms with Crippen molar-refractivity contribution in [2.24, 2.45) is 5.41 Å². The molecule has 2 spiro atoms. The van der Waals surface area contributed by atoms with Crippen LogP contribution in [0.15, 0.2) is 0 Å². The summed E-state index contributed by atoms with van der Waals surface area (Å²) in [4.78, 5) is 12.5. The topological polar surface area (TPSA) is 35.5 Å². The summed E-state index contributed by atoms with van der Waals surface area (Å²) in [6, 6.07) is 0. The van der Waals surface area contributed by atoms with E-state index in [1.54, 1.807) is 0 Å². The maximum atomic E-state index is 12.5. The molecule has 4 rings (SSSR count). The molecule has 0 radical (unpaired) electrons. The first-order chi connectivity index (χ1) is 9.26. The molecule has 19 heavy (non-hydrogen) atoms. The van der Waals surface area contributed by atoms with E-state index in [0.29, 0.717) is 5.78 Å². The third-order valence-electron chi connectivity index (χ3n) is 5.96. The van der Waals surface area contributed by atoms with Crippen molar-refractivity contribution in [3.05, 3.63) is 0 Å². The SMILES string of the molecule is O=C1CCC[C@@]12CCCC21O[C@@H]2CCCCC[C@H]2O1. The van der Waals surface area contributed by atoms with Crippen LogP contribution in [-0.2, 0) is 14.3 Å². The highest BCUT2D eigenvalue weighted by Crippen LogP contribution is 2.60. The molecule has 3 saturated carbocycles. The highest BCUT2D eigenvalue weighted by atomic mass is 16.8. The molecule has 1 heterocycles. The van der Waals surface area contributed by atoms with Crippen molar-refractivity contribution in [1.82, 2.24) is 0 Å². The van der Waals surface area contributed by atoms with E-state index >= 15 is 0 Å². The zero-order valence-electron chi connectivity index (χ0n) is 11.7. The minimum Gasteiger partial charge on any atom is -0.343 e. The molecule has 4 aliphatic rings. The van der Waals surface area contributed by atoms with Gasteiger partial charge in [-0.15, -0.1) is 0 Å². The van der Waals surface area contributed by atoms with Crippen molar-refractivity contribution >= 4 is 5.78 Å². The van der Waals surface area contributed by atoms with Crippen molar-refractivity contribution in [3.63, 3.8) is 0 Å². The van der Waals surface area contributed by atoms with Crippen LogP contribution in [0.4, 0.5) is 0 Å². The van der Waals surface area contributed by atoms with Crippen LogP contribution in [0, 0.1) is 5.41 Å². The van der Waals surface area contributed by atoms with Crippen molar-refractivity contribution in [2.45, 2.75) is 88.6 Å². The number of Topliss-reactive ketones (excluding diaryl/α,β-unsaturated/α-hetero) is 1. The summed E-state index contributed by atoms with van der Waals surface area (Å²) >= 11 is 0. The number of carbonyl (C=O) groups is 1. The first-order valence-corrected chi connectivity index (χ1v) is 8.15. The van der Waals surface area contributed by atoms with Gasteiger partial charge in [0.05, 0.1) is 17.6 Å². The van der Waals surface area contributed by atoms with E-state index in [9.17, 15) is 4.79 Å². The summed E-state index contributed by atoms with van der Waals surface area (Å²) in [6.45, 7) is 0. The number of carbonyl (C=O) groups excluding carboxylic acids is 1. The summed E-state index contributed by atoms with van der Waals surface area (Å²) < 4.78 is 12.9. The Balaban J connectivity index is 1.65. The fourth-order valence-corrected chi connectivity index (χ4v) is 5.02. The summed E-state index contributed by atoms with van der Waals surface area (Å²) in [7, 11) is 0. The van der Waals surface area contributed by atoms with Crippen LogP contribution in [0.2, 0.25) is 0 Å². The Morgan fingerprint density at radius 1 is 0.842 bits per heavy atom. The molecule has 3 nitrogen and oxygen atoms in total. The summed E-state index contributed by atoms with van der Waals surface area (Å²) in [5.74, 6) is -0.116. The van der Waals surface area contributed by atoms with Gasteiger partial charge in [-0.25, -0.2) is 0 Å². The summed E-state index contributed by atoms with van der Waals surface area (Å²) in [5.41, 5.74) is -0.279. The first kappa shape index (κ1) is 12.3. The Bertz CT molecular complexity index is 373. The van der Waals surface area contributed by atoms with E-state index in [4.69, 9.17) is 9.47 Å². The van der Waals surface area contributed by atoms with E-state index in [1.165, 1.54) is 19.3 Å². The average Bonchev–Trinajstić information content (AvgIpc) is 3.00. The second-order valence-electron chi connectivity index (χ2n) is 6.92. The Kier molecular flexibility index (Phi) is 2.79. The zero-order chi connectivity index (χ0) is 12.9. The molecule has 1 aliphatic heterocycles. The van der Waals surface area contributed by atoms with Gasteiger partial charge in [0.25, 0.3) is 0 Å². The molecule has 0 N–H and O–H groups in total. The molecule has 4 fully saturated rings. The molecule has 0 amide bonds. The van der Waals surface area contributed by atoms with Crippen LogP contribution in [0.5, 0.6) is 0 Å². The minimum absolute atomic E-state index is 0.255. The van der Waals surface area contributed by atoms with Crippen LogP contribution in [0.1, 0.15) is 70.6 Å². The zero-order valence-corrected chi connectivity index (χ0v) is 11.7. The molecule has 3 aliphatic carbocycles. The second-order valence-corrected chi connectivity index (χ2v) is 6.92. The van der Waals surface area contributed by atoms with Gasteiger partial charge in [0, 0.05) is 12.8 Å². The number of hydrogen-bond donors (Lipinski definition) is 0. The van der Waals surface area contributed by atoms with Crippen LogP contribution >= 0.6 is 0 Å². The molecule has 3 atom stereocenters. The van der Waals surface area contributed by atoms with Crippen LogP contribution in [-0.4, -0.2) is 23.8 Å². The van der Waals surface area contributed by atoms with E-state index < -0.39 is 5.79 Å². The smallest absolute Gasteiger partial charge is 0.181 e. The molecular formula is C16H24O3. The number of fused-ring (bicyclic) bond motifs is 2. The molecule has 3 heteroatoms. The Labute approximate surface area is 115 Å². The molecule has 1 saturated heterocycles. The number of ketones is 1. The van der Waals surface area contributed by atoms with Crippen LogP contribution in [0.25, 0.3) is 0 Å². The number of rotatable bonds is 0. The van der Waals surface area contributed by atoms with Crippen molar-refractivity contribution in [2.75, 3.05) is 0 Å². The third kappa shape index (κ3) is 1.61. The molecule has 0 aromatic heterocycles. The minimum atomic E-state index is -0.534. The quantitative estimate of drug-likeness (QED) is 0.673. The molecule has 0 aromatic carbocycles. The van der Waals surface area contributed by atoms with Gasteiger partial charge in [0.15, 0.2) is 5.79 Å². The Morgan fingerprint density at radius 2 is 1.53 bits per heavy atom. The third-order valence-corrected chi connectivity index (χ3v) is 5.96. The highest BCUT2D eigenvalue weighted by Gasteiger charge is 2.66. The van der Waals surface area contributed by atoms with E-state index in [0.717, 1.165) is 51.4 Å². The standard InChI is InChI=1S/C16H24O3/c17-14-8-4-9-15(14)10-5-11-16(15)18-12-6-2-1-3-7-13(12)19-16/h12-13H,1-11H2/t12-,13-,15-/m1/s1. The normalized spacial score (nSPS) is 44.9. The molecule has 0 unspecified atom stereocenters. The average molecular weight is 264 g/mol. The molecular weight excluding hydrogens is 240 g/mol. The van der Waals surface area contributed by atoms with Gasteiger partial charge < -0.3 is 9.47 Å². The molecule has 0 aromatic rings. The Morgan fingerprint density at radius 3 is 2.16 bits per heavy atom. The molecule has 0 bridgehead atoms. The van der Waals surface area contributed by atoms with Crippen LogP contribution < -0.4 is 0 Å². The first-order valence-electron chi connectivity index (χ1n) is 8.15. The van der Waals surface area contributed by atoms with Gasteiger partial charge in [0.1, 0.15) is 5.78 Å². The number of ether oxygens (including phenoxy) is 2. The predicted octanol–water partition coefficient (Wildman–Crippen LogP) is 3.35. The maximum absolute atomic E-state index is 12.5. The molecule has 106 valence electrons. The number of hydrogen-bond acceptors (Lipinski definition) is 3. The predicted molar refractivity (Wildman–Crippen MR) is 70.7 cm³/mol. The van der Waals surface area contributed by atoms with Gasteiger partial charge >= 0.3 is 0 Å². The van der Waals surface area contributed by atoms with E-state index in [-0.39, 0.29) is 17.6 Å². The Hall–Kier alpha value is -0.410. The lowest BCUT2D eigenvalue weighted by Crippen LogP contribution is -2.48. The summed E-state index contributed by atoms with van der Waals surface area (Å²) in [5, 5.41) is 0. The fraction of sp³-hybridized carbons (Fsp3) is 0.938. The van der Waals surface area contributed by atoms with Gasteiger partial charge in [-0.2, -0.15) is 0 Å². The van der Waals surface area contributed by atoms with E-state index in [2.05, 4.69) is 0 Å².